The predicted molar refractivity (Wildman–Crippen MR) is 80.7 cm³/mol. The third kappa shape index (κ3) is 3.45. The van der Waals surface area contributed by atoms with Crippen LogP contribution in [0.15, 0.2) is 35.1 Å². The smallest absolute Gasteiger partial charge is 0.252 e. The maximum Gasteiger partial charge on any atom is 0.252 e. The summed E-state index contributed by atoms with van der Waals surface area (Å²) in [4.78, 5) is 20.7. The molecule has 1 heterocycles. The molecule has 2 aromatic rings. The first-order chi connectivity index (χ1) is 9.62. The van der Waals surface area contributed by atoms with Gasteiger partial charge >= 0.3 is 0 Å². The van der Waals surface area contributed by atoms with Gasteiger partial charge in [0.1, 0.15) is 11.6 Å². The molecule has 0 unspecified atom stereocenters. The van der Waals surface area contributed by atoms with Crippen LogP contribution in [0.4, 0.5) is 5.82 Å². The van der Waals surface area contributed by atoms with Crippen LogP contribution < -0.4 is 16.2 Å². The van der Waals surface area contributed by atoms with Crippen LogP contribution in [0.1, 0.15) is 23.9 Å². The van der Waals surface area contributed by atoms with E-state index >= 15 is 0 Å². The van der Waals surface area contributed by atoms with Crippen molar-refractivity contribution in [1.82, 2.24) is 9.97 Å². The summed E-state index contributed by atoms with van der Waals surface area (Å²) in [6.07, 6.45) is 0.710. The Labute approximate surface area is 118 Å². The second-order valence-electron chi connectivity index (χ2n) is 4.78. The highest BCUT2D eigenvalue weighted by molar-refractivity contribution is 5.38. The van der Waals surface area contributed by atoms with E-state index in [1.807, 2.05) is 43.1 Å². The molecule has 0 aliphatic heterocycles. The Hall–Kier alpha value is -2.14. The predicted octanol–water partition coefficient (Wildman–Crippen LogP) is 1.43. The van der Waals surface area contributed by atoms with Gasteiger partial charge < -0.3 is 15.6 Å². The number of nitrogens with zero attached hydrogens (tertiary/aromatic N) is 2. The standard InChI is InChI=1S/C15H20N4O/c1-3-13-17-14(8-15(20)18-13)19(2)10-12-6-4-11(9-16)5-7-12/h4-8H,3,9-10,16H2,1-2H3,(H,17,18,20). The minimum absolute atomic E-state index is 0.114. The first kappa shape index (κ1) is 14.3. The van der Waals surface area contributed by atoms with Crippen molar-refractivity contribution in [2.45, 2.75) is 26.4 Å². The van der Waals surface area contributed by atoms with Gasteiger partial charge in [-0.25, -0.2) is 4.98 Å². The molecule has 106 valence electrons. The van der Waals surface area contributed by atoms with Crippen LogP contribution in [-0.4, -0.2) is 17.0 Å². The van der Waals surface area contributed by atoms with Crippen LogP contribution >= 0.6 is 0 Å². The molecule has 5 nitrogen and oxygen atoms in total. The van der Waals surface area contributed by atoms with Crippen molar-refractivity contribution in [2.75, 3.05) is 11.9 Å². The largest absolute Gasteiger partial charge is 0.355 e. The molecular weight excluding hydrogens is 252 g/mol. The van der Waals surface area contributed by atoms with Crippen molar-refractivity contribution >= 4 is 5.82 Å². The zero-order valence-corrected chi connectivity index (χ0v) is 11.9. The molecule has 0 saturated heterocycles. The first-order valence-corrected chi connectivity index (χ1v) is 6.71. The molecule has 5 heteroatoms. The molecule has 0 radical (unpaired) electrons. The quantitative estimate of drug-likeness (QED) is 0.863. The molecule has 0 fully saturated rings. The second kappa shape index (κ2) is 6.34. The van der Waals surface area contributed by atoms with Gasteiger partial charge in [0.15, 0.2) is 0 Å². The minimum Gasteiger partial charge on any atom is -0.355 e. The number of rotatable bonds is 5. The van der Waals surface area contributed by atoms with Gasteiger partial charge in [0.25, 0.3) is 5.56 Å². The third-order valence-electron chi connectivity index (χ3n) is 3.18. The second-order valence-corrected chi connectivity index (χ2v) is 4.78. The summed E-state index contributed by atoms with van der Waals surface area (Å²) in [7, 11) is 1.93. The third-order valence-corrected chi connectivity index (χ3v) is 3.18. The van der Waals surface area contributed by atoms with Gasteiger partial charge in [-0.2, -0.15) is 0 Å². The lowest BCUT2D eigenvalue weighted by molar-refractivity contribution is 0.849. The highest BCUT2D eigenvalue weighted by Gasteiger charge is 2.06. The van der Waals surface area contributed by atoms with Gasteiger partial charge in [-0.15, -0.1) is 0 Å². The summed E-state index contributed by atoms with van der Waals surface area (Å²) < 4.78 is 0. The SMILES string of the molecule is CCc1nc(N(C)Cc2ccc(CN)cc2)cc(=O)[nH]1. The number of anilines is 1. The van der Waals surface area contributed by atoms with Crippen molar-refractivity contribution in [3.05, 3.63) is 57.6 Å². The molecule has 0 aliphatic rings. The van der Waals surface area contributed by atoms with Crippen molar-refractivity contribution in [3.63, 3.8) is 0 Å². The number of H-pyrrole nitrogens is 1. The van der Waals surface area contributed by atoms with E-state index in [2.05, 4.69) is 9.97 Å². The summed E-state index contributed by atoms with van der Waals surface area (Å²) in [6, 6.07) is 9.66. The van der Waals surface area contributed by atoms with Gasteiger partial charge in [0.2, 0.25) is 0 Å². The van der Waals surface area contributed by atoms with Gasteiger partial charge in [0.05, 0.1) is 0 Å². The number of aromatic nitrogens is 2. The molecule has 3 N–H and O–H groups in total. The lowest BCUT2D eigenvalue weighted by atomic mass is 10.1. The van der Waals surface area contributed by atoms with Crippen molar-refractivity contribution < 1.29 is 0 Å². The maximum atomic E-state index is 11.6. The molecule has 0 aliphatic carbocycles. The number of hydrogen-bond donors (Lipinski definition) is 2. The summed E-state index contributed by atoms with van der Waals surface area (Å²) in [5.41, 5.74) is 7.74. The molecule has 20 heavy (non-hydrogen) atoms. The van der Waals surface area contributed by atoms with Crippen LogP contribution in [0.25, 0.3) is 0 Å². The monoisotopic (exact) mass is 272 g/mol. The van der Waals surface area contributed by atoms with Crippen LogP contribution in [0.5, 0.6) is 0 Å². The average Bonchev–Trinajstić information content (AvgIpc) is 2.47. The first-order valence-electron chi connectivity index (χ1n) is 6.71. The minimum atomic E-state index is -0.114. The molecule has 1 aromatic carbocycles. The number of nitrogens with two attached hydrogens (primary N) is 1. The van der Waals surface area contributed by atoms with E-state index in [0.717, 1.165) is 11.1 Å². The Morgan fingerprint density at radius 3 is 2.50 bits per heavy atom. The molecule has 2 rings (SSSR count). The fourth-order valence-corrected chi connectivity index (χ4v) is 1.99. The number of hydrogen-bond acceptors (Lipinski definition) is 4. The molecular formula is C15H20N4O. The van der Waals surface area contributed by atoms with E-state index in [1.54, 1.807) is 0 Å². The normalized spacial score (nSPS) is 10.6. The van der Waals surface area contributed by atoms with E-state index in [-0.39, 0.29) is 5.56 Å². The van der Waals surface area contributed by atoms with Crippen LogP contribution in [0.3, 0.4) is 0 Å². The molecule has 0 saturated carbocycles. The fraction of sp³-hybridized carbons (Fsp3) is 0.333. The lowest BCUT2D eigenvalue weighted by Crippen LogP contribution is -2.22. The molecule has 1 aromatic heterocycles. The van der Waals surface area contributed by atoms with E-state index in [9.17, 15) is 4.79 Å². The average molecular weight is 272 g/mol. The van der Waals surface area contributed by atoms with Gasteiger partial charge in [-0.3, -0.25) is 4.79 Å². The number of nitrogens with one attached hydrogen (secondary N) is 1. The lowest BCUT2D eigenvalue weighted by Gasteiger charge is -2.18. The van der Waals surface area contributed by atoms with E-state index in [1.165, 1.54) is 6.07 Å². The number of aryl methyl sites for hydroxylation is 1. The van der Waals surface area contributed by atoms with Crippen LogP contribution in [0.2, 0.25) is 0 Å². The number of aromatic amines is 1. The van der Waals surface area contributed by atoms with E-state index in [0.29, 0.717) is 31.2 Å². The summed E-state index contributed by atoms with van der Waals surface area (Å²) in [5.74, 6) is 1.39. The summed E-state index contributed by atoms with van der Waals surface area (Å²) >= 11 is 0. The molecule has 0 atom stereocenters. The van der Waals surface area contributed by atoms with Gasteiger partial charge in [0, 0.05) is 32.6 Å². The Morgan fingerprint density at radius 2 is 1.90 bits per heavy atom. The Balaban J connectivity index is 2.16. The van der Waals surface area contributed by atoms with Crippen molar-refractivity contribution in [2.24, 2.45) is 5.73 Å². The zero-order valence-electron chi connectivity index (χ0n) is 11.9. The highest BCUT2D eigenvalue weighted by Crippen LogP contribution is 2.12. The Bertz CT molecular complexity index is 619. The maximum absolute atomic E-state index is 11.6. The van der Waals surface area contributed by atoms with E-state index in [4.69, 9.17) is 5.73 Å². The number of benzene rings is 1. The van der Waals surface area contributed by atoms with E-state index < -0.39 is 0 Å². The summed E-state index contributed by atoms with van der Waals surface area (Å²) in [6.45, 7) is 3.21. The zero-order chi connectivity index (χ0) is 14.5. The Morgan fingerprint density at radius 1 is 1.25 bits per heavy atom. The molecule has 0 amide bonds. The molecule has 0 bridgehead atoms. The Kier molecular flexibility index (Phi) is 4.53. The molecule has 0 spiro atoms. The van der Waals surface area contributed by atoms with Gasteiger partial charge in [-0.1, -0.05) is 31.2 Å². The fourth-order valence-electron chi connectivity index (χ4n) is 1.99. The summed E-state index contributed by atoms with van der Waals surface area (Å²) in [5, 5.41) is 0. The highest BCUT2D eigenvalue weighted by atomic mass is 16.1. The van der Waals surface area contributed by atoms with Gasteiger partial charge in [-0.05, 0) is 11.1 Å². The van der Waals surface area contributed by atoms with Crippen LogP contribution in [0, 0.1) is 0 Å². The topological polar surface area (TPSA) is 75.0 Å². The van der Waals surface area contributed by atoms with Crippen molar-refractivity contribution in [3.8, 4) is 0 Å². The van der Waals surface area contributed by atoms with Crippen molar-refractivity contribution in [1.29, 1.82) is 0 Å². The van der Waals surface area contributed by atoms with Crippen LogP contribution in [-0.2, 0) is 19.5 Å².